The van der Waals surface area contributed by atoms with Crippen LogP contribution >= 0.6 is 27.3 Å². The molecule has 0 amide bonds. The van der Waals surface area contributed by atoms with Gasteiger partial charge < -0.3 is 4.42 Å². The number of halogens is 1. The summed E-state index contributed by atoms with van der Waals surface area (Å²) in [7, 11) is 0. The summed E-state index contributed by atoms with van der Waals surface area (Å²) in [6, 6.07) is 9.42. The van der Waals surface area contributed by atoms with Gasteiger partial charge in [-0.15, -0.1) is 11.3 Å². The summed E-state index contributed by atoms with van der Waals surface area (Å²) >= 11 is 4.98. The number of ketones is 1. The summed E-state index contributed by atoms with van der Waals surface area (Å²) in [4.78, 5) is 13.4. The number of rotatable bonds is 2. The maximum absolute atomic E-state index is 12.2. The number of thiophene rings is 1. The van der Waals surface area contributed by atoms with Crippen molar-refractivity contribution in [3.63, 3.8) is 0 Å². The van der Waals surface area contributed by atoms with Crippen LogP contribution in [0.5, 0.6) is 0 Å². The number of carbonyl (C=O) groups is 1. The maximum atomic E-state index is 12.2. The van der Waals surface area contributed by atoms with Crippen molar-refractivity contribution in [1.29, 1.82) is 0 Å². The molecule has 0 fully saturated rings. The highest BCUT2D eigenvalue weighted by atomic mass is 79.9. The van der Waals surface area contributed by atoms with Crippen molar-refractivity contribution in [2.24, 2.45) is 0 Å². The van der Waals surface area contributed by atoms with Gasteiger partial charge in [0.1, 0.15) is 5.58 Å². The molecule has 90 valence electrons. The van der Waals surface area contributed by atoms with Crippen molar-refractivity contribution in [2.45, 2.75) is 6.92 Å². The van der Waals surface area contributed by atoms with Gasteiger partial charge in [-0.3, -0.25) is 4.79 Å². The minimum atomic E-state index is -0.0672. The fraction of sp³-hybridized carbons (Fsp3) is 0.0714. The summed E-state index contributed by atoms with van der Waals surface area (Å²) in [5.41, 5.74) is 1.40. The molecule has 3 rings (SSSR count). The number of hydrogen-bond donors (Lipinski definition) is 0. The fourth-order valence-corrected chi connectivity index (χ4v) is 2.99. The Balaban J connectivity index is 2.10. The number of aryl methyl sites for hydroxylation is 1. The quantitative estimate of drug-likeness (QED) is 0.635. The number of fused-ring (bicyclic) bond motifs is 1. The van der Waals surface area contributed by atoms with Gasteiger partial charge in [-0.25, -0.2) is 0 Å². The molecule has 0 unspecified atom stereocenters. The van der Waals surface area contributed by atoms with Crippen molar-refractivity contribution in [2.75, 3.05) is 0 Å². The number of hydrogen-bond acceptors (Lipinski definition) is 3. The van der Waals surface area contributed by atoms with Gasteiger partial charge in [0.05, 0.1) is 4.47 Å². The Morgan fingerprint density at radius 2 is 2.17 bits per heavy atom. The van der Waals surface area contributed by atoms with Crippen molar-refractivity contribution >= 4 is 44.0 Å². The molecular formula is C14H9BrO2S. The second-order valence-corrected chi connectivity index (χ2v) is 6.01. The average Bonchev–Trinajstić information content (AvgIpc) is 2.95. The van der Waals surface area contributed by atoms with Gasteiger partial charge in [-0.05, 0) is 41.1 Å². The van der Waals surface area contributed by atoms with Crippen LogP contribution < -0.4 is 0 Å². The highest BCUT2D eigenvalue weighted by Gasteiger charge is 2.16. The zero-order valence-electron chi connectivity index (χ0n) is 9.57. The molecule has 0 saturated heterocycles. The third-order valence-corrected chi connectivity index (χ3v) is 4.20. The molecule has 0 aliphatic carbocycles. The molecule has 2 aromatic heterocycles. The highest BCUT2D eigenvalue weighted by Crippen LogP contribution is 2.28. The van der Waals surface area contributed by atoms with Gasteiger partial charge in [0, 0.05) is 21.2 Å². The lowest BCUT2D eigenvalue weighted by Crippen LogP contribution is -1.96. The number of benzene rings is 1. The Hall–Kier alpha value is -1.39. The summed E-state index contributed by atoms with van der Waals surface area (Å²) < 4.78 is 6.49. The first kappa shape index (κ1) is 11.7. The van der Waals surface area contributed by atoms with E-state index < -0.39 is 0 Å². The largest absolute Gasteiger partial charge is 0.451 e. The standard InChI is InChI=1S/C14H9BrO2S/c1-8-5-10(7-18-8)13(16)12-6-9-3-2-4-11(15)14(9)17-12/h2-7H,1H3. The van der Waals surface area contributed by atoms with Crippen LogP contribution in [0.25, 0.3) is 11.0 Å². The summed E-state index contributed by atoms with van der Waals surface area (Å²) in [6.45, 7) is 1.98. The Morgan fingerprint density at radius 1 is 1.33 bits per heavy atom. The predicted molar refractivity (Wildman–Crippen MR) is 76.4 cm³/mol. The first-order valence-electron chi connectivity index (χ1n) is 5.43. The van der Waals surface area contributed by atoms with Gasteiger partial charge in [0.15, 0.2) is 5.76 Å². The molecule has 3 aromatic rings. The molecule has 2 nitrogen and oxygen atoms in total. The summed E-state index contributed by atoms with van der Waals surface area (Å²) in [6.07, 6.45) is 0. The second-order valence-electron chi connectivity index (χ2n) is 4.04. The Morgan fingerprint density at radius 3 is 2.83 bits per heavy atom. The Kier molecular flexibility index (Phi) is 2.84. The van der Waals surface area contributed by atoms with E-state index in [4.69, 9.17) is 4.42 Å². The molecular weight excluding hydrogens is 312 g/mol. The topological polar surface area (TPSA) is 30.2 Å². The average molecular weight is 321 g/mol. The van der Waals surface area contributed by atoms with E-state index in [9.17, 15) is 4.79 Å². The van der Waals surface area contributed by atoms with Crippen LogP contribution in [-0.4, -0.2) is 5.78 Å². The zero-order chi connectivity index (χ0) is 12.7. The van der Waals surface area contributed by atoms with Gasteiger partial charge >= 0.3 is 0 Å². The van der Waals surface area contributed by atoms with Crippen LogP contribution in [0.3, 0.4) is 0 Å². The van der Waals surface area contributed by atoms with E-state index in [0.717, 1.165) is 14.7 Å². The van der Waals surface area contributed by atoms with Crippen LogP contribution in [0.15, 0.2) is 44.6 Å². The molecule has 2 heterocycles. The minimum absolute atomic E-state index is 0.0672. The molecule has 0 spiro atoms. The van der Waals surface area contributed by atoms with Gasteiger partial charge in [-0.1, -0.05) is 12.1 Å². The lowest BCUT2D eigenvalue weighted by Gasteiger charge is -1.92. The molecule has 0 atom stereocenters. The molecule has 0 radical (unpaired) electrons. The molecule has 18 heavy (non-hydrogen) atoms. The maximum Gasteiger partial charge on any atom is 0.229 e. The highest BCUT2D eigenvalue weighted by molar-refractivity contribution is 9.10. The van der Waals surface area contributed by atoms with Crippen LogP contribution in [-0.2, 0) is 0 Å². The van der Waals surface area contributed by atoms with Crippen molar-refractivity contribution < 1.29 is 9.21 Å². The van der Waals surface area contributed by atoms with Crippen LogP contribution in [0.1, 0.15) is 21.0 Å². The third-order valence-electron chi connectivity index (χ3n) is 2.71. The van der Waals surface area contributed by atoms with Crippen LogP contribution in [0, 0.1) is 6.92 Å². The van der Waals surface area contributed by atoms with E-state index in [1.165, 1.54) is 0 Å². The lowest BCUT2D eigenvalue weighted by atomic mass is 10.1. The first-order valence-corrected chi connectivity index (χ1v) is 7.10. The predicted octanol–water partition coefficient (Wildman–Crippen LogP) is 4.80. The third kappa shape index (κ3) is 1.91. The molecule has 0 bridgehead atoms. The SMILES string of the molecule is Cc1cc(C(=O)c2cc3cccc(Br)c3o2)cs1. The zero-order valence-corrected chi connectivity index (χ0v) is 12.0. The van der Waals surface area contributed by atoms with E-state index in [-0.39, 0.29) is 5.78 Å². The Bertz CT molecular complexity index is 739. The van der Waals surface area contributed by atoms with Gasteiger partial charge in [-0.2, -0.15) is 0 Å². The molecule has 0 aliphatic heterocycles. The summed E-state index contributed by atoms with van der Waals surface area (Å²) in [5.74, 6) is 0.317. The van der Waals surface area contributed by atoms with E-state index in [2.05, 4.69) is 15.9 Å². The molecule has 1 aromatic carbocycles. The smallest absolute Gasteiger partial charge is 0.229 e. The monoisotopic (exact) mass is 320 g/mol. The lowest BCUT2D eigenvalue weighted by molar-refractivity contribution is 0.101. The van der Waals surface area contributed by atoms with Crippen molar-refractivity contribution in [1.82, 2.24) is 0 Å². The van der Waals surface area contributed by atoms with Gasteiger partial charge in [0.25, 0.3) is 0 Å². The van der Waals surface area contributed by atoms with Crippen LogP contribution in [0.2, 0.25) is 0 Å². The number of para-hydroxylation sites is 1. The van der Waals surface area contributed by atoms with Crippen molar-refractivity contribution in [3.8, 4) is 0 Å². The van der Waals surface area contributed by atoms with Gasteiger partial charge in [0.2, 0.25) is 5.78 Å². The second kappa shape index (κ2) is 4.37. The normalized spacial score (nSPS) is 11.0. The molecule has 0 N–H and O–H groups in total. The number of furan rings is 1. The number of carbonyl (C=O) groups excluding carboxylic acids is 1. The van der Waals surface area contributed by atoms with E-state index >= 15 is 0 Å². The molecule has 4 heteroatoms. The minimum Gasteiger partial charge on any atom is -0.451 e. The molecule has 0 aliphatic rings. The molecule has 0 saturated carbocycles. The van der Waals surface area contributed by atoms with E-state index in [1.54, 1.807) is 17.4 Å². The van der Waals surface area contributed by atoms with E-state index in [1.807, 2.05) is 36.6 Å². The van der Waals surface area contributed by atoms with Crippen molar-refractivity contribution in [3.05, 3.63) is 56.4 Å². The first-order chi connectivity index (χ1) is 8.65. The summed E-state index contributed by atoms with van der Waals surface area (Å²) in [5, 5.41) is 2.79. The van der Waals surface area contributed by atoms with E-state index in [0.29, 0.717) is 16.9 Å². The fourth-order valence-electron chi connectivity index (χ4n) is 1.84. The Labute approximate surface area is 116 Å². The van der Waals surface area contributed by atoms with Crippen LogP contribution in [0.4, 0.5) is 0 Å².